The predicted octanol–water partition coefficient (Wildman–Crippen LogP) is 4.55. The van der Waals surface area contributed by atoms with Crippen LogP contribution in [-0.2, 0) is 52.6 Å². The van der Waals surface area contributed by atoms with E-state index in [1.165, 1.54) is 36.0 Å². The van der Waals surface area contributed by atoms with Crippen molar-refractivity contribution >= 4 is 70.2 Å². The fourth-order valence-electron chi connectivity index (χ4n) is 5.47. The van der Waals surface area contributed by atoms with E-state index in [4.69, 9.17) is 19.9 Å². The molecule has 0 aliphatic rings. The van der Waals surface area contributed by atoms with E-state index < -0.39 is 93.0 Å². The topological polar surface area (TPSA) is 271 Å². The van der Waals surface area contributed by atoms with Crippen molar-refractivity contribution in [2.75, 3.05) is 24.8 Å². The second-order valence-corrected chi connectivity index (χ2v) is 19.8. The highest BCUT2D eigenvalue weighted by Crippen LogP contribution is 2.37. The van der Waals surface area contributed by atoms with Crippen LogP contribution in [-0.4, -0.2) is 104 Å². The van der Waals surface area contributed by atoms with Crippen LogP contribution in [0.4, 0.5) is 14.4 Å². The van der Waals surface area contributed by atoms with Crippen LogP contribution in [0.1, 0.15) is 69.9 Å². The van der Waals surface area contributed by atoms with Gasteiger partial charge in [0, 0.05) is 18.7 Å². The number of amides is 5. The van der Waals surface area contributed by atoms with Gasteiger partial charge in [-0.3, -0.25) is 9.59 Å². The van der Waals surface area contributed by atoms with Gasteiger partial charge in [0.2, 0.25) is 11.8 Å². The Hall–Kier alpha value is -5.15. The maximum atomic E-state index is 13.7. The van der Waals surface area contributed by atoms with Gasteiger partial charge in [-0.15, -0.1) is 11.8 Å². The number of hydrogen-bond donors (Lipinski definition) is 6. The van der Waals surface area contributed by atoms with Crippen molar-refractivity contribution < 1.29 is 57.2 Å². The molecule has 3 aromatic rings. The average Bonchev–Trinajstić information content (AvgIpc) is 3.16. The minimum atomic E-state index is -1.31. The highest BCUT2D eigenvalue weighted by atomic mass is 32.2. The summed E-state index contributed by atoms with van der Waals surface area (Å²) in [5.74, 6) is -2.81. The van der Waals surface area contributed by atoms with Crippen LogP contribution in [0.25, 0.3) is 0 Å². The van der Waals surface area contributed by atoms with Crippen molar-refractivity contribution in [1.82, 2.24) is 21.3 Å². The zero-order valence-corrected chi connectivity index (χ0v) is 38.3. The number of carbonyl (C=O) groups excluding carboxylic acids is 5. The van der Waals surface area contributed by atoms with Gasteiger partial charge in [-0.1, -0.05) is 36.4 Å². The summed E-state index contributed by atoms with van der Waals surface area (Å²) in [5.41, 5.74) is 6.16. The van der Waals surface area contributed by atoms with Crippen LogP contribution < -0.4 is 31.7 Å². The maximum Gasteiger partial charge on any atom is 0.412 e. The summed E-state index contributed by atoms with van der Waals surface area (Å²) in [6, 6.07) is 16.3. The van der Waals surface area contributed by atoms with Gasteiger partial charge in [-0.2, -0.15) is 0 Å². The summed E-state index contributed by atoms with van der Waals surface area (Å²) in [6.07, 6.45) is 0.166. The molecule has 5 atom stereocenters. The highest BCUT2D eigenvalue weighted by molar-refractivity contribution is 7.99. The van der Waals surface area contributed by atoms with Crippen molar-refractivity contribution in [2.24, 2.45) is 5.73 Å². The number of thioether (sulfide) groups is 1. The molecule has 20 heteroatoms. The van der Waals surface area contributed by atoms with E-state index in [0.717, 1.165) is 11.1 Å². The van der Waals surface area contributed by atoms with Crippen molar-refractivity contribution in [1.29, 1.82) is 0 Å². The third-order valence-electron chi connectivity index (χ3n) is 8.39. The predicted molar refractivity (Wildman–Crippen MR) is 236 cm³/mol. The lowest BCUT2D eigenvalue weighted by atomic mass is 10.0. The van der Waals surface area contributed by atoms with Crippen LogP contribution >= 0.6 is 11.8 Å². The first kappa shape index (κ1) is 51.2. The fourth-order valence-corrected chi connectivity index (χ4v) is 7.84. The molecule has 3 aromatic carbocycles. The van der Waals surface area contributed by atoms with Crippen LogP contribution in [0.15, 0.2) is 82.6 Å². The summed E-state index contributed by atoms with van der Waals surface area (Å²) < 4.78 is 39.9. The number of hydrogen-bond acceptors (Lipinski definition) is 12. The molecule has 3 rings (SSSR count). The first-order chi connectivity index (χ1) is 28.9. The minimum Gasteiger partial charge on any atom is -0.612 e. The normalized spacial score (nSPS) is 14.4. The SMILES string of the molecule is C[S+]([O-])c1ccc(C(SC[C@H](NC(=O)[C@H](CCNC(=O)Oc2ccc(C[C@H](NC(=O)OC(C)(C)C)C(=O)O)cc2)NC(=O)OC(C)(C)C)C(N)=O)c2ccc([S+](C)[O-])cc2)cc1. The Morgan fingerprint density at radius 3 is 1.58 bits per heavy atom. The summed E-state index contributed by atoms with van der Waals surface area (Å²) in [7, 11) is 0. The lowest BCUT2D eigenvalue weighted by molar-refractivity contribution is -0.139. The number of primary amides is 1. The molecular formula is C42H55N5O12S3. The molecule has 0 bridgehead atoms. The van der Waals surface area contributed by atoms with Crippen molar-refractivity contribution in [3.63, 3.8) is 0 Å². The van der Waals surface area contributed by atoms with E-state index in [2.05, 4.69) is 21.3 Å². The smallest absolute Gasteiger partial charge is 0.412 e. The quantitative estimate of drug-likeness (QED) is 0.0903. The summed E-state index contributed by atoms with van der Waals surface area (Å²) >= 11 is -1.12. The number of nitrogens with one attached hydrogen (secondary N) is 4. The van der Waals surface area contributed by atoms with E-state index in [1.807, 2.05) is 24.3 Å². The Morgan fingerprint density at radius 1 is 0.694 bits per heavy atom. The first-order valence-corrected chi connectivity index (χ1v) is 23.4. The molecule has 0 radical (unpaired) electrons. The number of rotatable bonds is 19. The standard InChI is InChI=1S/C42H55N5O12S3/c1-41(2,3)58-39(53)46-31(21-22-44-38(52)57-28-15-9-25(10-16-28)23-32(37(50)51)47-40(54)59-42(4,5)6)36(49)45-33(35(43)48)24-60-34(26-11-17-29(18-12-26)61(7)55)27-13-19-30(20-14-27)62(8)56/h9-20,31-34H,21-24H2,1-8H3,(H2,43,48)(H,44,52)(H,45,49)(H,46,53)(H,47,54)(H,50,51)/t31-,32-,33-,34?,61?,62?/m0/s1. The summed E-state index contributed by atoms with van der Waals surface area (Å²) in [5, 5.41) is 19.1. The molecule has 338 valence electrons. The van der Waals surface area contributed by atoms with Crippen molar-refractivity contribution in [3.8, 4) is 5.75 Å². The van der Waals surface area contributed by atoms with Crippen LogP contribution in [0.2, 0.25) is 0 Å². The Labute approximate surface area is 371 Å². The number of alkyl carbamates (subject to hydrolysis) is 2. The number of aliphatic carboxylic acids is 1. The van der Waals surface area contributed by atoms with E-state index in [1.54, 1.807) is 78.3 Å². The monoisotopic (exact) mass is 917 g/mol. The third-order valence-corrected chi connectivity index (χ3v) is 11.7. The van der Waals surface area contributed by atoms with Crippen molar-refractivity contribution in [2.45, 2.75) is 98.8 Å². The molecule has 0 spiro atoms. The van der Waals surface area contributed by atoms with Gasteiger partial charge < -0.3 is 55.4 Å². The molecule has 5 amide bonds. The van der Waals surface area contributed by atoms with Gasteiger partial charge in [-0.05, 0) is 123 Å². The van der Waals surface area contributed by atoms with Gasteiger partial charge in [0.05, 0.1) is 5.25 Å². The van der Waals surface area contributed by atoms with Crippen molar-refractivity contribution in [3.05, 3.63) is 89.5 Å². The van der Waals surface area contributed by atoms with Gasteiger partial charge >= 0.3 is 24.2 Å². The average molecular weight is 918 g/mol. The Morgan fingerprint density at radius 2 is 1.16 bits per heavy atom. The number of carboxylic acid groups (broad SMARTS) is 1. The van der Waals surface area contributed by atoms with E-state index >= 15 is 0 Å². The lowest BCUT2D eigenvalue weighted by Crippen LogP contribution is -2.55. The van der Waals surface area contributed by atoms with Gasteiger partial charge in [0.15, 0.2) is 9.79 Å². The Balaban J connectivity index is 1.69. The molecule has 0 fully saturated rings. The molecule has 62 heavy (non-hydrogen) atoms. The Kier molecular flexibility index (Phi) is 19.3. The van der Waals surface area contributed by atoms with E-state index in [-0.39, 0.29) is 30.9 Å². The van der Waals surface area contributed by atoms with Crippen LogP contribution in [0, 0.1) is 0 Å². The van der Waals surface area contributed by atoms with Crippen LogP contribution in [0.3, 0.4) is 0 Å². The largest absolute Gasteiger partial charge is 0.612 e. The molecule has 0 aliphatic carbocycles. The lowest BCUT2D eigenvalue weighted by Gasteiger charge is -2.25. The molecule has 7 N–H and O–H groups in total. The highest BCUT2D eigenvalue weighted by Gasteiger charge is 2.30. The number of ether oxygens (including phenoxy) is 3. The minimum absolute atomic E-state index is 0.00556. The van der Waals surface area contributed by atoms with Crippen LogP contribution in [0.5, 0.6) is 5.75 Å². The number of nitrogens with two attached hydrogens (primary N) is 1. The maximum absolute atomic E-state index is 13.7. The fraction of sp³-hybridized carbons (Fsp3) is 0.429. The number of carboxylic acids is 1. The second kappa shape index (κ2) is 23.3. The third kappa shape index (κ3) is 18.1. The number of benzene rings is 3. The zero-order chi connectivity index (χ0) is 46.4. The summed E-state index contributed by atoms with van der Waals surface area (Å²) in [6.45, 7) is 9.67. The molecule has 0 heterocycles. The molecule has 0 aliphatic heterocycles. The zero-order valence-electron chi connectivity index (χ0n) is 35.8. The summed E-state index contributed by atoms with van der Waals surface area (Å²) in [4.78, 5) is 77.2. The molecule has 2 unspecified atom stereocenters. The van der Waals surface area contributed by atoms with E-state index in [9.17, 15) is 43.0 Å². The first-order valence-electron chi connectivity index (χ1n) is 19.2. The van der Waals surface area contributed by atoms with Gasteiger partial charge in [0.25, 0.3) is 0 Å². The van der Waals surface area contributed by atoms with Gasteiger partial charge in [-0.25, -0.2) is 19.2 Å². The van der Waals surface area contributed by atoms with Gasteiger partial charge in [0.1, 0.15) is 47.6 Å². The second-order valence-electron chi connectivity index (χ2n) is 15.9. The molecule has 17 nitrogen and oxygen atoms in total. The molecular weight excluding hydrogens is 863 g/mol. The molecule has 0 saturated heterocycles. The Bertz CT molecular complexity index is 1940. The molecule has 0 aromatic heterocycles. The van der Waals surface area contributed by atoms with E-state index in [0.29, 0.717) is 15.4 Å². The molecule has 0 saturated carbocycles. The number of carbonyl (C=O) groups is 6.